The van der Waals surface area contributed by atoms with E-state index < -0.39 is 0 Å². The Hall–Kier alpha value is -2.06. The largest absolute Gasteiger partial charge is 0.368 e. The number of hydrogen-bond acceptors (Lipinski definition) is 4. The van der Waals surface area contributed by atoms with Crippen LogP contribution in [0.4, 0.5) is 5.82 Å². The number of anilines is 1. The molecule has 0 radical (unpaired) electrons. The third-order valence-corrected chi connectivity index (χ3v) is 3.85. The molecule has 1 unspecified atom stereocenters. The molecule has 0 fully saturated rings. The van der Waals surface area contributed by atoms with Gasteiger partial charge in [0.05, 0.1) is 10.6 Å². The van der Waals surface area contributed by atoms with Gasteiger partial charge in [0, 0.05) is 38.1 Å². The van der Waals surface area contributed by atoms with Crippen molar-refractivity contribution < 1.29 is 0 Å². The van der Waals surface area contributed by atoms with E-state index in [2.05, 4.69) is 19.9 Å². The summed E-state index contributed by atoms with van der Waals surface area (Å²) in [5.74, 6) is 2.34. The van der Waals surface area contributed by atoms with Crippen molar-refractivity contribution in [3.8, 4) is 6.07 Å². The Labute approximate surface area is 122 Å². The molecule has 0 amide bonds. The molecule has 0 spiro atoms. The van der Waals surface area contributed by atoms with Crippen LogP contribution in [0.2, 0.25) is 5.02 Å². The highest BCUT2D eigenvalue weighted by Crippen LogP contribution is 2.22. The Morgan fingerprint density at radius 1 is 1.50 bits per heavy atom. The molecule has 1 aliphatic rings. The van der Waals surface area contributed by atoms with Gasteiger partial charge in [0.1, 0.15) is 17.7 Å². The monoisotopic (exact) mass is 287 g/mol. The Kier molecular flexibility index (Phi) is 3.57. The number of nitrogens with one attached hydrogen (secondary N) is 1. The molecular weight excluding hydrogens is 274 g/mol. The highest BCUT2D eigenvalue weighted by atomic mass is 35.5. The van der Waals surface area contributed by atoms with Crippen LogP contribution in [0.5, 0.6) is 0 Å². The molecule has 1 aliphatic heterocycles. The Morgan fingerprint density at radius 2 is 2.40 bits per heavy atom. The molecule has 2 aromatic heterocycles. The third-order valence-electron chi connectivity index (χ3n) is 3.56. The van der Waals surface area contributed by atoms with E-state index in [1.54, 1.807) is 6.07 Å². The maximum absolute atomic E-state index is 8.78. The van der Waals surface area contributed by atoms with Crippen molar-refractivity contribution in [3.05, 3.63) is 41.1 Å². The molecule has 0 bridgehead atoms. The van der Waals surface area contributed by atoms with Crippen molar-refractivity contribution >= 4 is 17.4 Å². The number of nitriles is 1. The van der Waals surface area contributed by atoms with E-state index >= 15 is 0 Å². The lowest BCUT2D eigenvalue weighted by Gasteiger charge is -2.24. The number of imidazole rings is 1. The molecular formula is C14H14ClN5. The van der Waals surface area contributed by atoms with Crippen molar-refractivity contribution in [2.45, 2.75) is 19.4 Å². The van der Waals surface area contributed by atoms with Gasteiger partial charge in [-0.1, -0.05) is 11.6 Å². The molecule has 102 valence electrons. The second-order valence-electron chi connectivity index (χ2n) is 4.95. The number of pyridine rings is 1. The van der Waals surface area contributed by atoms with Gasteiger partial charge in [-0.2, -0.15) is 5.26 Å². The lowest BCUT2D eigenvalue weighted by Crippen LogP contribution is -2.26. The van der Waals surface area contributed by atoms with Crippen molar-refractivity contribution in [2.24, 2.45) is 5.92 Å². The third kappa shape index (κ3) is 2.61. The maximum Gasteiger partial charge on any atom is 0.144 e. The summed E-state index contributed by atoms with van der Waals surface area (Å²) in [5.41, 5.74) is 0.473. The quantitative estimate of drug-likeness (QED) is 0.942. The molecule has 5 nitrogen and oxygen atoms in total. The van der Waals surface area contributed by atoms with E-state index in [0.29, 0.717) is 22.3 Å². The second-order valence-corrected chi connectivity index (χ2v) is 5.35. The molecule has 3 rings (SSSR count). The topological polar surface area (TPSA) is 66.5 Å². The number of rotatable bonds is 3. The van der Waals surface area contributed by atoms with Crippen molar-refractivity contribution in [2.75, 3.05) is 11.9 Å². The summed E-state index contributed by atoms with van der Waals surface area (Å²) in [5, 5.41) is 12.5. The van der Waals surface area contributed by atoms with Crippen LogP contribution < -0.4 is 5.32 Å². The van der Waals surface area contributed by atoms with Crippen LogP contribution in [0.3, 0.4) is 0 Å². The van der Waals surface area contributed by atoms with Gasteiger partial charge in [-0.25, -0.2) is 9.97 Å². The van der Waals surface area contributed by atoms with E-state index in [0.717, 1.165) is 31.8 Å². The molecule has 6 heteroatoms. The van der Waals surface area contributed by atoms with Crippen LogP contribution in [0.1, 0.15) is 17.8 Å². The highest BCUT2D eigenvalue weighted by molar-refractivity contribution is 6.33. The molecule has 0 saturated carbocycles. The Morgan fingerprint density at radius 3 is 3.20 bits per heavy atom. The summed E-state index contributed by atoms with van der Waals surface area (Å²) in [7, 11) is 0. The fraction of sp³-hybridized carbons (Fsp3) is 0.357. The van der Waals surface area contributed by atoms with Gasteiger partial charge in [-0.15, -0.1) is 0 Å². The van der Waals surface area contributed by atoms with Gasteiger partial charge in [-0.3, -0.25) is 0 Å². The Bertz CT molecular complexity index is 658. The zero-order valence-electron chi connectivity index (χ0n) is 10.9. The van der Waals surface area contributed by atoms with E-state index in [9.17, 15) is 0 Å². The molecule has 20 heavy (non-hydrogen) atoms. The van der Waals surface area contributed by atoms with Gasteiger partial charge in [0.15, 0.2) is 0 Å². The van der Waals surface area contributed by atoms with E-state index in [4.69, 9.17) is 16.9 Å². The van der Waals surface area contributed by atoms with Crippen LogP contribution >= 0.6 is 11.6 Å². The molecule has 3 heterocycles. The number of halogens is 1. The minimum atomic E-state index is 0.473. The number of fused-ring (bicyclic) bond motifs is 1. The predicted octanol–water partition coefficient (Wildman–Crippen LogP) is 2.48. The summed E-state index contributed by atoms with van der Waals surface area (Å²) in [6, 6.07) is 3.65. The standard InChI is InChI=1S/C14H14ClN5/c15-12-5-11(6-16)8-19-14(12)18-7-10-1-2-13-17-3-4-20(13)9-10/h3-5,8,10H,1-2,7,9H2,(H,18,19). The van der Waals surface area contributed by atoms with E-state index in [1.165, 1.54) is 6.20 Å². The zero-order valence-corrected chi connectivity index (χ0v) is 11.6. The van der Waals surface area contributed by atoms with Crippen LogP contribution in [-0.2, 0) is 13.0 Å². The second kappa shape index (κ2) is 5.51. The molecule has 1 N–H and O–H groups in total. The van der Waals surface area contributed by atoms with Crippen molar-refractivity contribution in [1.82, 2.24) is 14.5 Å². The summed E-state index contributed by atoms with van der Waals surface area (Å²) in [6.07, 6.45) is 7.52. The lowest BCUT2D eigenvalue weighted by atomic mass is 9.99. The SMILES string of the molecule is N#Cc1cnc(NCC2CCc3nccn3C2)c(Cl)c1. The minimum Gasteiger partial charge on any atom is -0.368 e. The van der Waals surface area contributed by atoms with Gasteiger partial charge < -0.3 is 9.88 Å². The van der Waals surface area contributed by atoms with Crippen molar-refractivity contribution in [3.63, 3.8) is 0 Å². The van der Waals surface area contributed by atoms with Gasteiger partial charge >= 0.3 is 0 Å². The minimum absolute atomic E-state index is 0.473. The number of aromatic nitrogens is 3. The molecule has 0 saturated heterocycles. The first-order valence-electron chi connectivity index (χ1n) is 6.56. The van der Waals surface area contributed by atoms with E-state index in [-0.39, 0.29) is 0 Å². The Balaban J connectivity index is 1.62. The normalized spacial score (nSPS) is 17.3. The molecule has 1 atom stereocenters. The van der Waals surface area contributed by atoms with Crippen LogP contribution in [-0.4, -0.2) is 21.1 Å². The first-order chi connectivity index (χ1) is 9.76. The van der Waals surface area contributed by atoms with Gasteiger partial charge in [0.2, 0.25) is 0 Å². The number of hydrogen-bond donors (Lipinski definition) is 1. The van der Waals surface area contributed by atoms with Crippen LogP contribution in [0.25, 0.3) is 0 Å². The molecule has 0 aromatic carbocycles. The number of nitrogens with zero attached hydrogens (tertiary/aromatic N) is 4. The van der Waals surface area contributed by atoms with E-state index in [1.807, 2.05) is 18.5 Å². The summed E-state index contributed by atoms with van der Waals surface area (Å²) >= 11 is 6.10. The predicted molar refractivity (Wildman–Crippen MR) is 76.5 cm³/mol. The van der Waals surface area contributed by atoms with Gasteiger partial charge in [-0.05, 0) is 18.4 Å². The fourth-order valence-corrected chi connectivity index (χ4v) is 2.71. The highest BCUT2D eigenvalue weighted by Gasteiger charge is 2.18. The van der Waals surface area contributed by atoms with Crippen LogP contribution in [0, 0.1) is 17.2 Å². The zero-order chi connectivity index (χ0) is 13.9. The maximum atomic E-state index is 8.78. The first kappa shape index (κ1) is 12.9. The average Bonchev–Trinajstić information content (AvgIpc) is 2.93. The summed E-state index contributed by atoms with van der Waals surface area (Å²) < 4.78 is 2.20. The first-order valence-corrected chi connectivity index (χ1v) is 6.93. The molecule has 2 aromatic rings. The lowest BCUT2D eigenvalue weighted by molar-refractivity contribution is 0.381. The summed E-state index contributed by atoms with van der Waals surface area (Å²) in [4.78, 5) is 8.50. The number of aryl methyl sites for hydroxylation is 1. The van der Waals surface area contributed by atoms with Gasteiger partial charge in [0.25, 0.3) is 0 Å². The van der Waals surface area contributed by atoms with Crippen molar-refractivity contribution in [1.29, 1.82) is 5.26 Å². The smallest absolute Gasteiger partial charge is 0.144 e. The fourth-order valence-electron chi connectivity index (χ4n) is 2.47. The summed E-state index contributed by atoms with van der Waals surface area (Å²) in [6.45, 7) is 1.78. The molecule has 0 aliphatic carbocycles. The average molecular weight is 288 g/mol. The van der Waals surface area contributed by atoms with Crippen LogP contribution in [0.15, 0.2) is 24.7 Å².